The molecule has 0 saturated carbocycles. The standard InChI is InChI=1S/C20H25N3O5S/c1-15-11-16(2)13-17(12-15)5-6-21-19-4-3-18(23(24)25)14-20(19)29(26,27)22-7-9-28-10-8-22/h3-4,11-14,21H,5-10H2,1-2H3. The fourth-order valence-electron chi connectivity index (χ4n) is 3.46. The van der Waals surface area contributed by atoms with Gasteiger partial charge in [-0.2, -0.15) is 4.31 Å². The van der Waals surface area contributed by atoms with Crippen LogP contribution in [0.25, 0.3) is 0 Å². The molecule has 1 saturated heterocycles. The van der Waals surface area contributed by atoms with Gasteiger partial charge in [0.2, 0.25) is 10.0 Å². The third-order valence-corrected chi connectivity index (χ3v) is 6.71. The highest BCUT2D eigenvalue weighted by molar-refractivity contribution is 7.89. The monoisotopic (exact) mass is 419 g/mol. The van der Waals surface area contributed by atoms with Crippen molar-refractivity contribution >= 4 is 21.4 Å². The second kappa shape index (κ2) is 8.89. The first-order valence-corrected chi connectivity index (χ1v) is 10.9. The summed E-state index contributed by atoms with van der Waals surface area (Å²) in [6.07, 6.45) is 0.705. The summed E-state index contributed by atoms with van der Waals surface area (Å²) in [5.74, 6) is 0. The fraction of sp³-hybridized carbons (Fsp3) is 0.400. The van der Waals surface area contributed by atoms with E-state index in [0.717, 1.165) is 11.6 Å². The number of sulfonamides is 1. The molecule has 0 radical (unpaired) electrons. The quantitative estimate of drug-likeness (QED) is 0.547. The van der Waals surface area contributed by atoms with Gasteiger partial charge in [-0.1, -0.05) is 29.3 Å². The second-order valence-electron chi connectivity index (χ2n) is 7.13. The van der Waals surface area contributed by atoms with E-state index >= 15 is 0 Å². The molecular weight excluding hydrogens is 394 g/mol. The van der Waals surface area contributed by atoms with Gasteiger partial charge in [0.25, 0.3) is 5.69 Å². The largest absolute Gasteiger partial charge is 0.384 e. The van der Waals surface area contributed by atoms with Crippen LogP contribution >= 0.6 is 0 Å². The topological polar surface area (TPSA) is 102 Å². The number of nitrogens with one attached hydrogen (secondary N) is 1. The van der Waals surface area contributed by atoms with E-state index in [4.69, 9.17) is 4.74 Å². The average molecular weight is 420 g/mol. The Morgan fingerprint density at radius 3 is 2.38 bits per heavy atom. The van der Waals surface area contributed by atoms with Gasteiger partial charge >= 0.3 is 0 Å². The van der Waals surface area contributed by atoms with Gasteiger partial charge in [0.1, 0.15) is 4.90 Å². The van der Waals surface area contributed by atoms with Crippen LogP contribution in [0.5, 0.6) is 0 Å². The minimum atomic E-state index is -3.87. The van der Waals surface area contributed by atoms with Gasteiger partial charge in [0.05, 0.1) is 23.8 Å². The number of nitro groups is 1. The maximum absolute atomic E-state index is 13.1. The van der Waals surface area contributed by atoms with Crippen molar-refractivity contribution in [3.63, 3.8) is 0 Å². The summed E-state index contributed by atoms with van der Waals surface area (Å²) < 4.78 is 32.8. The van der Waals surface area contributed by atoms with Crippen LogP contribution in [0.2, 0.25) is 0 Å². The van der Waals surface area contributed by atoms with Crippen LogP contribution in [0.4, 0.5) is 11.4 Å². The SMILES string of the molecule is Cc1cc(C)cc(CCNc2ccc([N+](=O)[O-])cc2S(=O)(=O)N2CCOCC2)c1. The molecule has 2 aromatic rings. The molecule has 0 aromatic heterocycles. The maximum atomic E-state index is 13.1. The summed E-state index contributed by atoms with van der Waals surface area (Å²) in [6, 6.07) is 10.2. The van der Waals surface area contributed by atoms with Crippen LogP contribution < -0.4 is 5.32 Å². The number of aryl methyl sites for hydroxylation is 2. The number of hydrogen-bond donors (Lipinski definition) is 1. The number of nitrogens with zero attached hydrogens (tertiary/aromatic N) is 2. The van der Waals surface area contributed by atoms with E-state index in [0.29, 0.717) is 31.9 Å². The number of benzene rings is 2. The zero-order valence-electron chi connectivity index (χ0n) is 16.6. The molecule has 156 valence electrons. The normalized spacial score (nSPS) is 15.2. The second-order valence-corrected chi connectivity index (χ2v) is 9.03. The van der Waals surface area contributed by atoms with Gasteiger partial charge in [0, 0.05) is 31.8 Å². The molecule has 0 amide bonds. The molecule has 9 heteroatoms. The van der Waals surface area contributed by atoms with Crippen molar-refractivity contribution < 1.29 is 18.1 Å². The molecule has 0 unspecified atom stereocenters. The summed E-state index contributed by atoms with van der Waals surface area (Å²) in [7, 11) is -3.87. The summed E-state index contributed by atoms with van der Waals surface area (Å²) >= 11 is 0. The van der Waals surface area contributed by atoms with Crippen LogP contribution in [0.15, 0.2) is 41.3 Å². The molecule has 1 heterocycles. The number of nitro benzene ring substituents is 1. The van der Waals surface area contributed by atoms with Crippen LogP contribution in [0, 0.1) is 24.0 Å². The number of hydrogen-bond acceptors (Lipinski definition) is 6. The predicted octanol–water partition coefficient (Wildman–Crippen LogP) is 2.89. The minimum absolute atomic E-state index is 0.0750. The van der Waals surface area contributed by atoms with Gasteiger partial charge in [-0.25, -0.2) is 8.42 Å². The molecule has 0 bridgehead atoms. The lowest BCUT2D eigenvalue weighted by atomic mass is 10.1. The summed E-state index contributed by atoms with van der Waals surface area (Å²) in [5, 5.41) is 14.3. The van der Waals surface area contributed by atoms with Gasteiger partial charge < -0.3 is 10.1 Å². The van der Waals surface area contributed by atoms with Crippen molar-refractivity contribution in [3.8, 4) is 0 Å². The number of morpholine rings is 1. The Kier molecular flexibility index (Phi) is 6.51. The summed E-state index contributed by atoms with van der Waals surface area (Å²) in [5.41, 5.74) is 3.61. The Morgan fingerprint density at radius 1 is 1.10 bits per heavy atom. The first kappa shape index (κ1) is 21.2. The van der Waals surface area contributed by atoms with E-state index in [1.807, 2.05) is 13.8 Å². The van der Waals surface area contributed by atoms with Crippen LogP contribution in [0.1, 0.15) is 16.7 Å². The number of ether oxygens (including phenoxy) is 1. The lowest BCUT2D eigenvalue weighted by molar-refractivity contribution is -0.385. The minimum Gasteiger partial charge on any atom is -0.384 e. The predicted molar refractivity (Wildman–Crippen MR) is 111 cm³/mol. The van der Waals surface area contributed by atoms with E-state index < -0.39 is 14.9 Å². The van der Waals surface area contributed by atoms with Gasteiger partial charge in [-0.3, -0.25) is 10.1 Å². The molecule has 1 aliphatic rings. The Balaban J connectivity index is 1.84. The fourth-order valence-corrected chi connectivity index (χ4v) is 5.06. The van der Waals surface area contributed by atoms with Crippen LogP contribution in [-0.2, 0) is 21.2 Å². The van der Waals surface area contributed by atoms with Crippen molar-refractivity contribution in [2.24, 2.45) is 0 Å². The molecule has 0 aliphatic carbocycles. The Hall–Kier alpha value is -2.49. The van der Waals surface area contributed by atoms with Gasteiger partial charge in [-0.15, -0.1) is 0 Å². The molecule has 0 atom stereocenters. The Labute approximate surface area is 170 Å². The van der Waals surface area contributed by atoms with Crippen LogP contribution in [0.3, 0.4) is 0 Å². The number of anilines is 1. The zero-order chi connectivity index (χ0) is 21.0. The molecule has 2 aromatic carbocycles. The number of non-ortho nitro benzene ring substituents is 1. The number of rotatable bonds is 7. The smallest absolute Gasteiger partial charge is 0.270 e. The van der Waals surface area contributed by atoms with E-state index in [1.54, 1.807) is 0 Å². The molecule has 8 nitrogen and oxygen atoms in total. The first-order valence-electron chi connectivity index (χ1n) is 9.45. The lowest BCUT2D eigenvalue weighted by Crippen LogP contribution is -2.40. The van der Waals surface area contributed by atoms with Crippen molar-refractivity contribution in [1.82, 2.24) is 4.31 Å². The highest BCUT2D eigenvalue weighted by Crippen LogP contribution is 2.29. The molecule has 1 N–H and O–H groups in total. The molecule has 1 aliphatic heterocycles. The third-order valence-electron chi connectivity index (χ3n) is 4.77. The molecule has 1 fully saturated rings. The maximum Gasteiger partial charge on any atom is 0.270 e. The molecular formula is C20H25N3O5S. The summed E-state index contributed by atoms with van der Waals surface area (Å²) in [4.78, 5) is 10.5. The highest BCUT2D eigenvalue weighted by Gasteiger charge is 2.30. The molecule has 0 spiro atoms. The van der Waals surface area contributed by atoms with Gasteiger partial charge in [-0.05, 0) is 31.9 Å². The average Bonchev–Trinajstić information content (AvgIpc) is 2.68. The van der Waals surface area contributed by atoms with E-state index in [1.165, 1.54) is 27.6 Å². The van der Waals surface area contributed by atoms with Gasteiger partial charge in [0.15, 0.2) is 0 Å². The Bertz CT molecular complexity index is 981. The summed E-state index contributed by atoms with van der Waals surface area (Å²) in [6.45, 7) is 5.65. The zero-order valence-corrected chi connectivity index (χ0v) is 17.4. The third kappa shape index (κ3) is 5.11. The van der Waals surface area contributed by atoms with E-state index in [-0.39, 0.29) is 23.7 Å². The molecule has 3 rings (SSSR count). The van der Waals surface area contributed by atoms with Crippen molar-refractivity contribution in [3.05, 3.63) is 63.2 Å². The van der Waals surface area contributed by atoms with E-state index in [9.17, 15) is 18.5 Å². The first-order chi connectivity index (χ1) is 13.8. The van der Waals surface area contributed by atoms with Crippen molar-refractivity contribution in [1.29, 1.82) is 0 Å². The Morgan fingerprint density at radius 2 is 1.76 bits per heavy atom. The van der Waals surface area contributed by atoms with Crippen molar-refractivity contribution in [2.45, 2.75) is 25.2 Å². The molecule has 29 heavy (non-hydrogen) atoms. The highest BCUT2D eigenvalue weighted by atomic mass is 32.2. The van der Waals surface area contributed by atoms with E-state index in [2.05, 4.69) is 23.5 Å². The van der Waals surface area contributed by atoms with Crippen molar-refractivity contribution in [2.75, 3.05) is 38.2 Å². The van der Waals surface area contributed by atoms with Crippen LogP contribution in [-0.4, -0.2) is 50.5 Å². The lowest BCUT2D eigenvalue weighted by Gasteiger charge is -2.27.